The van der Waals surface area contributed by atoms with Crippen LogP contribution in [0.4, 0.5) is 0 Å². The Morgan fingerprint density at radius 2 is 1.35 bits per heavy atom. The van der Waals surface area contributed by atoms with Gasteiger partial charge in [-0.3, -0.25) is 0 Å². The molecule has 0 aliphatic carbocycles. The van der Waals surface area contributed by atoms with E-state index < -0.39 is 0 Å². The summed E-state index contributed by atoms with van der Waals surface area (Å²) in [5.74, 6) is 0. The van der Waals surface area contributed by atoms with Crippen LogP contribution in [0.2, 0.25) is 0 Å². The third-order valence-corrected chi connectivity index (χ3v) is 3.20. The summed E-state index contributed by atoms with van der Waals surface area (Å²) in [5, 5.41) is 8.58. The molecule has 3 nitrogen and oxygen atoms in total. The maximum Gasteiger partial charge on any atom is 0.146 e. The molecule has 0 bridgehead atoms. The van der Waals surface area contributed by atoms with Gasteiger partial charge in [-0.15, -0.1) is 0 Å². The molecule has 0 aromatic carbocycles. The molecule has 0 unspecified atom stereocenters. The predicted molar refractivity (Wildman–Crippen MR) is 84.8 cm³/mol. The van der Waals surface area contributed by atoms with Gasteiger partial charge in [-0.2, -0.15) is 0 Å². The smallest absolute Gasteiger partial charge is 0.146 e. The Hall–Kier alpha value is -0.380. The molecule has 0 heterocycles. The first kappa shape index (κ1) is 19.6. The van der Waals surface area contributed by atoms with E-state index in [0.717, 1.165) is 25.9 Å². The molecule has 0 saturated heterocycles. The van der Waals surface area contributed by atoms with E-state index in [-0.39, 0.29) is 6.61 Å². The van der Waals surface area contributed by atoms with Gasteiger partial charge in [0.05, 0.1) is 6.61 Å². The lowest BCUT2D eigenvalue weighted by Crippen LogP contribution is -2.02. The van der Waals surface area contributed by atoms with Gasteiger partial charge < -0.3 is 14.6 Å². The van der Waals surface area contributed by atoms with E-state index in [0.29, 0.717) is 13.4 Å². The Morgan fingerprint density at radius 1 is 0.750 bits per heavy atom. The third-order valence-electron chi connectivity index (χ3n) is 3.20. The van der Waals surface area contributed by atoms with E-state index in [4.69, 9.17) is 14.6 Å². The Bertz CT molecular complexity index is 193. The fraction of sp³-hybridized carbons (Fsp3) is 0.882. The molecule has 20 heavy (non-hydrogen) atoms. The van der Waals surface area contributed by atoms with E-state index in [9.17, 15) is 0 Å². The van der Waals surface area contributed by atoms with Gasteiger partial charge in [0.2, 0.25) is 0 Å². The number of aliphatic hydroxyl groups excluding tert-OH is 1. The monoisotopic (exact) mass is 286 g/mol. The lowest BCUT2D eigenvalue weighted by Gasteiger charge is -2.05. The van der Waals surface area contributed by atoms with Gasteiger partial charge in [-0.25, -0.2) is 0 Å². The zero-order chi connectivity index (χ0) is 14.7. The normalized spacial score (nSPS) is 11.5. The molecule has 1 N–H and O–H groups in total. The van der Waals surface area contributed by atoms with E-state index >= 15 is 0 Å². The summed E-state index contributed by atoms with van der Waals surface area (Å²) < 4.78 is 10.8. The zero-order valence-corrected chi connectivity index (χ0v) is 13.3. The van der Waals surface area contributed by atoms with E-state index in [1.807, 2.05) is 12.2 Å². The van der Waals surface area contributed by atoms with Crippen molar-refractivity contribution in [1.82, 2.24) is 0 Å². The first-order chi connectivity index (χ1) is 9.91. The Balaban J connectivity index is 2.96. The maximum atomic E-state index is 8.58. The molecular formula is C17H34O3. The predicted octanol–water partition coefficient (Wildman–Crippen LogP) is 4.45. The molecule has 0 spiro atoms. The van der Waals surface area contributed by atoms with Crippen molar-refractivity contribution < 1.29 is 14.6 Å². The molecule has 0 fully saturated rings. The molecule has 0 rings (SSSR count). The molecule has 0 aromatic heterocycles. The van der Waals surface area contributed by atoms with Gasteiger partial charge in [0.15, 0.2) is 0 Å². The van der Waals surface area contributed by atoms with E-state index in [1.165, 1.54) is 44.9 Å². The first-order valence-corrected chi connectivity index (χ1v) is 8.33. The molecular weight excluding hydrogens is 252 g/mol. The van der Waals surface area contributed by atoms with Crippen LogP contribution in [0.3, 0.4) is 0 Å². The van der Waals surface area contributed by atoms with Crippen LogP contribution in [0, 0.1) is 0 Å². The zero-order valence-electron chi connectivity index (χ0n) is 13.3. The molecule has 0 radical (unpaired) electrons. The largest absolute Gasteiger partial charge is 0.396 e. The second kappa shape index (κ2) is 18.6. The molecule has 3 heteroatoms. The summed E-state index contributed by atoms with van der Waals surface area (Å²) in [5.41, 5.74) is 0. The topological polar surface area (TPSA) is 38.7 Å². The average molecular weight is 286 g/mol. The number of rotatable bonds is 16. The molecule has 0 aliphatic rings. The highest BCUT2D eigenvalue weighted by molar-refractivity contribution is 4.80. The minimum atomic E-state index is 0.221. The Morgan fingerprint density at radius 3 is 2.05 bits per heavy atom. The Kier molecular flexibility index (Phi) is 18.3. The first-order valence-electron chi connectivity index (χ1n) is 8.33. The van der Waals surface area contributed by atoms with Crippen molar-refractivity contribution in [3.63, 3.8) is 0 Å². The molecule has 0 saturated carbocycles. The molecule has 0 aliphatic heterocycles. The summed E-state index contributed by atoms with van der Waals surface area (Å²) in [7, 11) is 0. The summed E-state index contributed by atoms with van der Waals surface area (Å²) in [6.07, 6.45) is 16.3. The van der Waals surface area contributed by atoms with Crippen molar-refractivity contribution in [1.29, 1.82) is 0 Å². The van der Waals surface area contributed by atoms with Gasteiger partial charge in [0, 0.05) is 13.2 Å². The highest BCUT2D eigenvalue weighted by Crippen LogP contribution is 2.08. The second-order valence-corrected chi connectivity index (χ2v) is 5.18. The van der Waals surface area contributed by atoms with Gasteiger partial charge in [0.25, 0.3) is 0 Å². The van der Waals surface area contributed by atoms with Crippen LogP contribution in [0.1, 0.15) is 71.1 Å². The fourth-order valence-electron chi connectivity index (χ4n) is 1.98. The van der Waals surface area contributed by atoms with E-state index in [2.05, 4.69) is 6.92 Å². The standard InChI is InChI=1S/C17H34O3/c1-2-3-4-5-6-7-9-12-15-19-17-20-16-13-10-8-11-14-18/h8,10,18H,2-7,9,11-17H2,1H3. The van der Waals surface area contributed by atoms with Crippen LogP contribution >= 0.6 is 0 Å². The number of aliphatic hydroxyl groups is 1. The SMILES string of the molecule is CCCCCCCCCCOCOCCC=CCCO. The maximum absolute atomic E-state index is 8.58. The van der Waals surface area contributed by atoms with Crippen molar-refractivity contribution in [2.45, 2.75) is 71.1 Å². The van der Waals surface area contributed by atoms with Crippen LogP contribution < -0.4 is 0 Å². The highest BCUT2D eigenvalue weighted by Gasteiger charge is 1.92. The third kappa shape index (κ3) is 17.6. The summed E-state index contributed by atoms with van der Waals surface area (Å²) in [6.45, 7) is 4.39. The average Bonchev–Trinajstić information content (AvgIpc) is 2.47. The van der Waals surface area contributed by atoms with Crippen molar-refractivity contribution in [2.24, 2.45) is 0 Å². The quantitative estimate of drug-likeness (QED) is 0.259. The Labute approximate surface area is 125 Å². The number of ether oxygens (including phenoxy) is 2. The summed E-state index contributed by atoms with van der Waals surface area (Å²) >= 11 is 0. The minimum absolute atomic E-state index is 0.221. The van der Waals surface area contributed by atoms with Crippen LogP contribution in [-0.4, -0.2) is 31.7 Å². The van der Waals surface area contributed by atoms with Crippen molar-refractivity contribution in [3.05, 3.63) is 12.2 Å². The lowest BCUT2D eigenvalue weighted by molar-refractivity contribution is -0.0531. The molecule has 0 aromatic rings. The number of hydrogen-bond acceptors (Lipinski definition) is 3. The van der Waals surface area contributed by atoms with Gasteiger partial charge in [-0.1, -0.05) is 64.0 Å². The fourth-order valence-corrected chi connectivity index (χ4v) is 1.98. The van der Waals surface area contributed by atoms with Crippen LogP contribution in [-0.2, 0) is 9.47 Å². The molecule has 0 atom stereocenters. The van der Waals surface area contributed by atoms with Crippen LogP contribution in [0.25, 0.3) is 0 Å². The second-order valence-electron chi connectivity index (χ2n) is 5.18. The van der Waals surface area contributed by atoms with Gasteiger partial charge in [-0.05, 0) is 19.3 Å². The summed E-state index contributed by atoms with van der Waals surface area (Å²) in [4.78, 5) is 0. The highest BCUT2D eigenvalue weighted by atomic mass is 16.7. The van der Waals surface area contributed by atoms with E-state index in [1.54, 1.807) is 0 Å². The lowest BCUT2D eigenvalue weighted by atomic mass is 10.1. The minimum Gasteiger partial charge on any atom is -0.396 e. The van der Waals surface area contributed by atoms with Crippen LogP contribution in [0.5, 0.6) is 0 Å². The van der Waals surface area contributed by atoms with Crippen molar-refractivity contribution in [2.75, 3.05) is 26.6 Å². The van der Waals surface area contributed by atoms with Crippen molar-refractivity contribution in [3.8, 4) is 0 Å². The molecule has 120 valence electrons. The van der Waals surface area contributed by atoms with Gasteiger partial charge in [0.1, 0.15) is 6.79 Å². The van der Waals surface area contributed by atoms with Gasteiger partial charge >= 0.3 is 0 Å². The molecule has 0 amide bonds. The summed E-state index contributed by atoms with van der Waals surface area (Å²) in [6, 6.07) is 0. The van der Waals surface area contributed by atoms with Crippen molar-refractivity contribution >= 4 is 0 Å². The van der Waals surface area contributed by atoms with Crippen LogP contribution in [0.15, 0.2) is 12.2 Å². The number of unbranched alkanes of at least 4 members (excludes halogenated alkanes) is 7. The number of hydrogen-bond donors (Lipinski definition) is 1.